The third-order valence-corrected chi connectivity index (χ3v) is 2.51. The first-order valence-corrected chi connectivity index (χ1v) is 8.07. The van der Waals surface area contributed by atoms with Gasteiger partial charge in [-0.05, 0) is 19.1 Å². The Balaban J connectivity index is 2.51. The molecule has 1 aromatic carbocycles. The highest BCUT2D eigenvalue weighted by Crippen LogP contribution is 2.07. The summed E-state index contributed by atoms with van der Waals surface area (Å²) in [5.74, 6) is 0. The molecule has 0 aromatic heterocycles. The molecular formula is C10H18N2Si. The van der Waals surface area contributed by atoms with Crippen LogP contribution in [0.25, 0.3) is 0 Å². The van der Waals surface area contributed by atoms with Gasteiger partial charge in [0.25, 0.3) is 0 Å². The van der Waals surface area contributed by atoms with Crippen LogP contribution >= 0.6 is 0 Å². The van der Waals surface area contributed by atoms with Gasteiger partial charge in [-0.25, -0.2) is 0 Å². The van der Waals surface area contributed by atoms with Gasteiger partial charge in [0.1, 0.15) is 8.24 Å². The number of benzene rings is 1. The minimum Gasteiger partial charge on any atom is -0.328 e. The number of aryl methyl sites for hydroxylation is 1. The molecule has 1 aromatic rings. The lowest BCUT2D eigenvalue weighted by molar-refractivity contribution is 1.11. The summed E-state index contributed by atoms with van der Waals surface area (Å²) in [5, 5.41) is 3.35. The van der Waals surface area contributed by atoms with Gasteiger partial charge in [-0.2, -0.15) is 0 Å². The van der Waals surface area contributed by atoms with Crippen LogP contribution in [0.2, 0.25) is 19.6 Å². The van der Waals surface area contributed by atoms with E-state index in [0.717, 1.165) is 5.69 Å². The summed E-state index contributed by atoms with van der Waals surface area (Å²) in [4.78, 5) is 0. The number of nitrogens with one attached hydrogen (secondary N) is 2. The van der Waals surface area contributed by atoms with Gasteiger partial charge in [-0.3, -0.25) is 5.09 Å². The van der Waals surface area contributed by atoms with Gasteiger partial charge in [-0.1, -0.05) is 37.3 Å². The minimum absolute atomic E-state index is 1.13. The Morgan fingerprint density at radius 2 is 1.54 bits per heavy atom. The molecule has 0 aliphatic heterocycles. The molecule has 0 heterocycles. The SMILES string of the molecule is Cc1ccc(NN[Si](C)(C)C)cc1. The highest BCUT2D eigenvalue weighted by molar-refractivity contribution is 6.73. The number of hydrazine groups is 1. The van der Waals surface area contributed by atoms with Gasteiger partial charge in [0.05, 0.1) is 0 Å². The fourth-order valence-electron chi connectivity index (χ4n) is 0.897. The maximum atomic E-state index is 3.35. The van der Waals surface area contributed by atoms with Crippen LogP contribution in [0.3, 0.4) is 0 Å². The van der Waals surface area contributed by atoms with Crippen molar-refractivity contribution < 1.29 is 0 Å². The molecule has 0 bridgehead atoms. The Kier molecular flexibility index (Phi) is 3.11. The van der Waals surface area contributed by atoms with Gasteiger partial charge >= 0.3 is 0 Å². The number of anilines is 1. The van der Waals surface area contributed by atoms with Crippen LogP contribution in [0.1, 0.15) is 5.56 Å². The van der Waals surface area contributed by atoms with Crippen LogP contribution in [-0.4, -0.2) is 8.24 Å². The van der Waals surface area contributed by atoms with E-state index >= 15 is 0 Å². The molecule has 0 atom stereocenters. The van der Waals surface area contributed by atoms with Crippen molar-refractivity contribution in [2.24, 2.45) is 0 Å². The van der Waals surface area contributed by atoms with Crippen molar-refractivity contribution in [1.29, 1.82) is 0 Å². The molecular weight excluding hydrogens is 176 g/mol. The third kappa shape index (κ3) is 4.10. The van der Waals surface area contributed by atoms with Gasteiger partial charge in [0.15, 0.2) is 0 Å². The van der Waals surface area contributed by atoms with Gasteiger partial charge in [-0.15, -0.1) is 0 Å². The van der Waals surface area contributed by atoms with E-state index in [-0.39, 0.29) is 0 Å². The molecule has 0 amide bonds. The topological polar surface area (TPSA) is 24.1 Å². The smallest absolute Gasteiger partial charge is 0.139 e. The van der Waals surface area contributed by atoms with Crippen LogP contribution in [0.5, 0.6) is 0 Å². The first kappa shape index (κ1) is 10.3. The van der Waals surface area contributed by atoms with Crippen molar-refractivity contribution in [1.82, 2.24) is 5.09 Å². The minimum atomic E-state index is -1.21. The largest absolute Gasteiger partial charge is 0.328 e. The number of rotatable bonds is 3. The molecule has 13 heavy (non-hydrogen) atoms. The number of hydrogen-bond donors (Lipinski definition) is 2. The van der Waals surface area contributed by atoms with E-state index in [0.29, 0.717) is 0 Å². The molecule has 0 saturated heterocycles. The van der Waals surface area contributed by atoms with Gasteiger partial charge < -0.3 is 5.43 Å². The quantitative estimate of drug-likeness (QED) is 0.571. The molecule has 3 heteroatoms. The fourth-order valence-corrected chi connectivity index (χ4v) is 1.42. The zero-order valence-corrected chi connectivity index (χ0v) is 9.81. The van der Waals surface area contributed by atoms with Gasteiger partial charge in [0, 0.05) is 5.69 Å². The molecule has 0 aliphatic carbocycles. The van der Waals surface area contributed by atoms with Crippen molar-refractivity contribution in [3.63, 3.8) is 0 Å². The molecule has 0 unspecified atom stereocenters. The Labute approximate surface area is 81.4 Å². The van der Waals surface area contributed by atoms with E-state index in [1.165, 1.54) is 5.56 Å². The van der Waals surface area contributed by atoms with Crippen LogP contribution in [0.15, 0.2) is 24.3 Å². The molecule has 2 N–H and O–H groups in total. The lowest BCUT2D eigenvalue weighted by Gasteiger charge is -2.19. The normalized spacial score (nSPS) is 11.4. The summed E-state index contributed by atoms with van der Waals surface area (Å²) >= 11 is 0. The summed E-state index contributed by atoms with van der Waals surface area (Å²) in [6.07, 6.45) is 0. The molecule has 0 aliphatic rings. The highest BCUT2D eigenvalue weighted by atomic mass is 28.3. The highest BCUT2D eigenvalue weighted by Gasteiger charge is 2.11. The molecule has 1 rings (SSSR count). The predicted octanol–water partition coefficient (Wildman–Crippen LogP) is 2.75. The Morgan fingerprint density at radius 1 is 1.00 bits per heavy atom. The van der Waals surface area contributed by atoms with Crippen LogP contribution < -0.4 is 10.5 Å². The molecule has 72 valence electrons. The molecule has 0 saturated carbocycles. The monoisotopic (exact) mass is 194 g/mol. The Bertz CT molecular complexity index is 261. The van der Waals surface area contributed by atoms with Crippen LogP contribution in [0, 0.1) is 6.92 Å². The standard InChI is InChI=1S/C10H18N2Si/c1-9-5-7-10(8-6-9)11-12-13(2,3)4/h5-8,11-12H,1-4H3. The maximum absolute atomic E-state index is 3.35. The van der Waals surface area contributed by atoms with Crippen LogP contribution in [0.4, 0.5) is 5.69 Å². The first-order valence-electron chi connectivity index (χ1n) is 4.57. The van der Waals surface area contributed by atoms with E-state index in [2.05, 4.69) is 61.3 Å². The van der Waals surface area contributed by atoms with E-state index in [1.54, 1.807) is 0 Å². The fraction of sp³-hybridized carbons (Fsp3) is 0.400. The average molecular weight is 194 g/mol. The first-order chi connectivity index (χ1) is 5.97. The third-order valence-electron chi connectivity index (χ3n) is 1.63. The zero-order valence-electron chi connectivity index (χ0n) is 8.81. The zero-order chi connectivity index (χ0) is 9.90. The summed E-state index contributed by atoms with van der Waals surface area (Å²) in [7, 11) is -1.21. The van der Waals surface area contributed by atoms with E-state index < -0.39 is 8.24 Å². The lowest BCUT2D eigenvalue weighted by atomic mass is 10.2. The van der Waals surface area contributed by atoms with Crippen molar-refractivity contribution in [2.75, 3.05) is 5.43 Å². The second kappa shape index (κ2) is 3.94. The summed E-state index contributed by atoms with van der Waals surface area (Å²) in [6.45, 7) is 8.87. The summed E-state index contributed by atoms with van der Waals surface area (Å²) in [5.41, 5.74) is 5.65. The van der Waals surface area contributed by atoms with Crippen molar-refractivity contribution >= 4 is 13.9 Å². The van der Waals surface area contributed by atoms with Crippen molar-refractivity contribution in [3.8, 4) is 0 Å². The lowest BCUT2D eigenvalue weighted by Crippen LogP contribution is -2.44. The maximum Gasteiger partial charge on any atom is 0.139 e. The van der Waals surface area contributed by atoms with Crippen LogP contribution in [-0.2, 0) is 0 Å². The Morgan fingerprint density at radius 3 is 2.00 bits per heavy atom. The molecule has 0 fully saturated rings. The average Bonchev–Trinajstić information content (AvgIpc) is 2.02. The van der Waals surface area contributed by atoms with E-state index in [9.17, 15) is 0 Å². The second-order valence-corrected chi connectivity index (χ2v) is 9.12. The molecule has 0 radical (unpaired) electrons. The molecule has 2 nitrogen and oxygen atoms in total. The summed E-state index contributed by atoms with van der Waals surface area (Å²) in [6, 6.07) is 8.38. The van der Waals surface area contributed by atoms with Crippen molar-refractivity contribution in [2.45, 2.75) is 26.6 Å². The van der Waals surface area contributed by atoms with Gasteiger partial charge in [0.2, 0.25) is 0 Å². The predicted molar refractivity (Wildman–Crippen MR) is 61.3 cm³/mol. The van der Waals surface area contributed by atoms with E-state index in [4.69, 9.17) is 0 Å². The van der Waals surface area contributed by atoms with Crippen molar-refractivity contribution in [3.05, 3.63) is 29.8 Å². The summed E-state index contributed by atoms with van der Waals surface area (Å²) < 4.78 is 0. The molecule has 0 spiro atoms. The number of hydrogen-bond acceptors (Lipinski definition) is 2. The van der Waals surface area contributed by atoms with E-state index in [1.807, 2.05) is 0 Å². The Hall–Kier alpha value is -0.803. The second-order valence-electron chi connectivity index (χ2n) is 4.37.